The molecular weight excluding hydrogens is 497 g/mol. The Balaban J connectivity index is 0.00000320. The van der Waals surface area contributed by atoms with E-state index in [1.54, 1.807) is 0 Å². The van der Waals surface area contributed by atoms with Crippen LogP contribution in [0.5, 0.6) is 5.75 Å². The van der Waals surface area contributed by atoms with Crippen LogP contribution >= 0.6 is 24.0 Å². The number of aromatic nitrogens is 3. The average molecular weight is 529 g/mol. The number of benzene rings is 1. The van der Waals surface area contributed by atoms with Crippen molar-refractivity contribution in [3.8, 4) is 5.75 Å². The summed E-state index contributed by atoms with van der Waals surface area (Å²) in [5.41, 5.74) is 0. The molecule has 1 aliphatic heterocycles. The number of guanidine groups is 1. The predicted molar refractivity (Wildman–Crippen MR) is 127 cm³/mol. The maximum Gasteiger partial charge on any atom is 0.191 e. The number of halogens is 1. The summed E-state index contributed by atoms with van der Waals surface area (Å²) < 4.78 is 13.1. The van der Waals surface area contributed by atoms with Crippen molar-refractivity contribution in [1.29, 1.82) is 0 Å². The van der Waals surface area contributed by atoms with Crippen LogP contribution in [0.1, 0.15) is 11.6 Å². The summed E-state index contributed by atoms with van der Waals surface area (Å²) in [5.74, 6) is 3.32. The lowest BCUT2D eigenvalue weighted by Gasteiger charge is -2.26. The average Bonchev–Trinajstić information content (AvgIpc) is 3.08. The molecule has 1 aliphatic rings. The molecule has 2 aromatic rings. The molecule has 0 saturated carbocycles. The molecule has 10 heteroatoms. The minimum Gasteiger partial charge on any atom is -0.492 e. The molecule has 1 aromatic carbocycles. The van der Waals surface area contributed by atoms with Gasteiger partial charge in [-0.3, -0.25) is 4.90 Å². The number of ether oxygens (including phenoxy) is 2. The zero-order valence-electron chi connectivity index (χ0n) is 17.7. The highest BCUT2D eigenvalue weighted by Gasteiger charge is 2.10. The Morgan fingerprint density at radius 1 is 1.13 bits per heavy atom. The third-order valence-corrected chi connectivity index (χ3v) is 4.79. The number of nitrogens with zero attached hydrogens (tertiary/aromatic N) is 5. The van der Waals surface area contributed by atoms with E-state index >= 15 is 0 Å². The van der Waals surface area contributed by atoms with Gasteiger partial charge in [-0.25, -0.2) is 4.99 Å². The minimum absolute atomic E-state index is 0. The molecule has 2 heterocycles. The fraction of sp³-hybridized carbons (Fsp3) is 0.550. The van der Waals surface area contributed by atoms with E-state index < -0.39 is 0 Å². The van der Waals surface area contributed by atoms with E-state index in [9.17, 15) is 0 Å². The number of para-hydroxylation sites is 1. The van der Waals surface area contributed by atoms with Crippen LogP contribution in [0, 0.1) is 6.92 Å². The van der Waals surface area contributed by atoms with Crippen LogP contribution in [0.25, 0.3) is 0 Å². The second-order valence-electron chi connectivity index (χ2n) is 6.86. The zero-order valence-corrected chi connectivity index (χ0v) is 20.0. The Bertz CT molecular complexity index is 764. The largest absolute Gasteiger partial charge is 0.492 e. The summed E-state index contributed by atoms with van der Waals surface area (Å²) in [6, 6.07) is 9.80. The van der Waals surface area contributed by atoms with Crippen molar-refractivity contribution < 1.29 is 9.47 Å². The van der Waals surface area contributed by atoms with Gasteiger partial charge in [0.25, 0.3) is 0 Å². The third-order valence-electron chi connectivity index (χ3n) is 4.79. The molecule has 0 amide bonds. The first-order valence-electron chi connectivity index (χ1n) is 10.1. The molecule has 0 radical (unpaired) electrons. The SMILES string of the molecule is Cc1nnc(CN=C(NCCOc2ccccc2)NCCN2CCOCC2)n1C.I. The van der Waals surface area contributed by atoms with Crippen molar-refractivity contribution in [3.05, 3.63) is 42.0 Å². The van der Waals surface area contributed by atoms with Crippen molar-refractivity contribution in [3.63, 3.8) is 0 Å². The second kappa shape index (κ2) is 13.4. The normalized spacial score (nSPS) is 14.8. The Kier molecular flexibility index (Phi) is 10.9. The molecule has 2 N–H and O–H groups in total. The first kappa shape index (κ1) is 24.4. The predicted octanol–water partition coefficient (Wildman–Crippen LogP) is 1.19. The van der Waals surface area contributed by atoms with Gasteiger partial charge in [0.15, 0.2) is 11.8 Å². The van der Waals surface area contributed by atoms with Gasteiger partial charge in [0, 0.05) is 33.2 Å². The zero-order chi connectivity index (χ0) is 20.3. The van der Waals surface area contributed by atoms with E-state index in [0.29, 0.717) is 19.7 Å². The van der Waals surface area contributed by atoms with Gasteiger partial charge in [0.2, 0.25) is 0 Å². The number of hydrogen-bond acceptors (Lipinski definition) is 6. The number of hydrogen-bond donors (Lipinski definition) is 2. The number of aryl methyl sites for hydroxylation is 1. The van der Waals surface area contributed by atoms with Gasteiger partial charge >= 0.3 is 0 Å². The molecule has 3 rings (SSSR count). The number of nitrogens with one attached hydrogen (secondary N) is 2. The summed E-state index contributed by atoms with van der Waals surface area (Å²) in [6.45, 7) is 8.92. The molecule has 30 heavy (non-hydrogen) atoms. The van der Waals surface area contributed by atoms with Gasteiger partial charge in [-0.15, -0.1) is 34.2 Å². The molecule has 0 bridgehead atoms. The molecule has 0 aliphatic carbocycles. The van der Waals surface area contributed by atoms with Gasteiger partial charge in [-0.1, -0.05) is 18.2 Å². The van der Waals surface area contributed by atoms with E-state index in [1.807, 2.05) is 48.9 Å². The van der Waals surface area contributed by atoms with Gasteiger partial charge < -0.3 is 24.7 Å². The van der Waals surface area contributed by atoms with Crippen LogP contribution in [-0.2, 0) is 18.3 Å². The lowest BCUT2D eigenvalue weighted by Crippen LogP contribution is -2.45. The van der Waals surface area contributed by atoms with Gasteiger partial charge in [0.1, 0.15) is 24.7 Å². The van der Waals surface area contributed by atoms with Crippen molar-refractivity contribution in [2.75, 3.05) is 52.5 Å². The van der Waals surface area contributed by atoms with Crippen molar-refractivity contribution in [1.82, 2.24) is 30.3 Å². The fourth-order valence-electron chi connectivity index (χ4n) is 2.92. The van der Waals surface area contributed by atoms with Gasteiger partial charge in [-0.05, 0) is 19.1 Å². The quantitative estimate of drug-likeness (QED) is 0.218. The molecule has 1 aromatic heterocycles. The summed E-state index contributed by atoms with van der Waals surface area (Å²) in [7, 11) is 1.95. The van der Waals surface area contributed by atoms with E-state index in [0.717, 1.165) is 62.8 Å². The van der Waals surface area contributed by atoms with E-state index in [2.05, 4.69) is 30.7 Å². The van der Waals surface area contributed by atoms with Crippen LogP contribution < -0.4 is 15.4 Å². The molecule has 0 spiro atoms. The number of morpholine rings is 1. The van der Waals surface area contributed by atoms with E-state index in [1.165, 1.54) is 0 Å². The van der Waals surface area contributed by atoms with Crippen molar-refractivity contribution in [2.24, 2.45) is 12.0 Å². The molecular formula is C20H32IN7O2. The Hall–Kier alpha value is -1.92. The Morgan fingerprint density at radius 2 is 1.87 bits per heavy atom. The minimum atomic E-state index is 0. The van der Waals surface area contributed by atoms with Crippen LogP contribution in [0.2, 0.25) is 0 Å². The number of rotatable bonds is 9. The maximum absolute atomic E-state index is 5.75. The lowest BCUT2D eigenvalue weighted by atomic mass is 10.3. The van der Waals surface area contributed by atoms with Crippen LogP contribution in [0.15, 0.2) is 35.3 Å². The highest BCUT2D eigenvalue weighted by atomic mass is 127. The molecule has 0 unspecified atom stereocenters. The summed E-state index contributed by atoms with van der Waals surface area (Å²) in [6.07, 6.45) is 0. The molecule has 9 nitrogen and oxygen atoms in total. The summed E-state index contributed by atoms with van der Waals surface area (Å²) >= 11 is 0. The summed E-state index contributed by atoms with van der Waals surface area (Å²) in [5, 5.41) is 15.0. The Labute approximate surface area is 195 Å². The Morgan fingerprint density at radius 3 is 2.57 bits per heavy atom. The van der Waals surface area contributed by atoms with Gasteiger partial charge in [0.05, 0.1) is 19.8 Å². The lowest BCUT2D eigenvalue weighted by molar-refractivity contribution is 0.0389. The third kappa shape index (κ3) is 8.07. The molecule has 1 saturated heterocycles. The summed E-state index contributed by atoms with van der Waals surface area (Å²) in [4.78, 5) is 7.06. The van der Waals surface area contributed by atoms with Crippen molar-refractivity contribution in [2.45, 2.75) is 13.5 Å². The van der Waals surface area contributed by atoms with Crippen LogP contribution in [0.3, 0.4) is 0 Å². The van der Waals surface area contributed by atoms with Crippen LogP contribution in [0.4, 0.5) is 0 Å². The van der Waals surface area contributed by atoms with Crippen LogP contribution in [-0.4, -0.2) is 78.2 Å². The van der Waals surface area contributed by atoms with Gasteiger partial charge in [-0.2, -0.15) is 0 Å². The molecule has 1 fully saturated rings. The maximum atomic E-state index is 5.75. The first-order valence-corrected chi connectivity index (χ1v) is 10.1. The van der Waals surface area contributed by atoms with E-state index in [4.69, 9.17) is 9.47 Å². The monoisotopic (exact) mass is 529 g/mol. The van der Waals surface area contributed by atoms with E-state index in [-0.39, 0.29) is 24.0 Å². The highest BCUT2D eigenvalue weighted by molar-refractivity contribution is 14.0. The molecule has 0 atom stereocenters. The highest BCUT2D eigenvalue weighted by Crippen LogP contribution is 2.07. The first-order chi connectivity index (χ1) is 14.2. The fourth-order valence-corrected chi connectivity index (χ4v) is 2.92. The number of aliphatic imine (C=N–C) groups is 1. The standard InChI is InChI=1S/C20H31N7O2.HI/c1-17-24-25-19(26(17)2)16-23-20(21-8-10-27-11-14-28-15-12-27)22-9-13-29-18-6-4-3-5-7-18;/h3-7H,8-16H2,1-2H3,(H2,21,22,23);1H. The smallest absolute Gasteiger partial charge is 0.191 e. The van der Waals surface area contributed by atoms with Crippen molar-refractivity contribution >= 4 is 29.9 Å². The topological polar surface area (TPSA) is 88.8 Å². The second-order valence-corrected chi connectivity index (χ2v) is 6.86. The molecule has 166 valence electrons.